The van der Waals surface area contributed by atoms with Crippen molar-refractivity contribution >= 4 is 32.8 Å². The predicted octanol–water partition coefficient (Wildman–Crippen LogP) is 4.50. The molecule has 1 aromatic heterocycles. The molecule has 122 valence electrons. The van der Waals surface area contributed by atoms with Gasteiger partial charge in [0.1, 0.15) is 5.56 Å². The first-order chi connectivity index (χ1) is 11.6. The third kappa shape index (κ3) is 3.07. The zero-order valence-electron chi connectivity index (χ0n) is 12.6. The van der Waals surface area contributed by atoms with Crippen LogP contribution >= 0.6 is 15.9 Å². The van der Waals surface area contributed by atoms with Gasteiger partial charge in [-0.3, -0.25) is 0 Å². The maximum absolute atomic E-state index is 14.1. The summed E-state index contributed by atoms with van der Waals surface area (Å²) in [4.78, 5) is 12.3. The molecule has 0 saturated heterocycles. The lowest BCUT2D eigenvalue weighted by atomic mass is 10.1. The van der Waals surface area contributed by atoms with E-state index in [4.69, 9.17) is 9.47 Å². The van der Waals surface area contributed by atoms with Crippen LogP contribution in [0.2, 0.25) is 0 Å². The van der Waals surface area contributed by atoms with E-state index in [1.807, 2.05) is 0 Å². The van der Waals surface area contributed by atoms with E-state index in [1.165, 1.54) is 6.07 Å². The van der Waals surface area contributed by atoms with Crippen molar-refractivity contribution in [2.75, 3.05) is 6.61 Å². The summed E-state index contributed by atoms with van der Waals surface area (Å²) in [5, 5.41) is 8.46. The highest BCUT2D eigenvalue weighted by Crippen LogP contribution is 2.32. The Labute approximate surface area is 145 Å². The molecule has 0 aliphatic rings. The lowest BCUT2D eigenvalue weighted by Gasteiger charge is -2.12. The second-order valence-corrected chi connectivity index (χ2v) is 5.63. The standard InChI is InChI=1S/C17H12BrFN2O3/c1-2-23-17(22)14-10-6-3-4-8-12(10)20-21-16(14)24-13-9-5-7-11(18)15(13)19/h3-9H,2H2,1H3. The van der Waals surface area contributed by atoms with Crippen LogP contribution in [0.25, 0.3) is 10.9 Å². The molecule has 5 nitrogen and oxygen atoms in total. The van der Waals surface area contributed by atoms with Crippen LogP contribution in [-0.2, 0) is 4.74 Å². The first-order valence-corrected chi connectivity index (χ1v) is 7.95. The number of nitrogens with zero attached hydrogens (tertiary/aromatic N) is 2. The molecule has 0 atom stereocenters. The van der Waals surface area contributed by atoms with Crippen molar-refractivity contribution in [1.29, 1.82) is 0 Å². The van der Waals surface area contributed by atoms with Crippen molar-refractivity contribution in [1.82, 2.24) is 10.2 Å². The molecule has 0 saturated carbocycles. The number of ether oxygens (including phenoxy) is 2. The highest BCUT2D eigenvalue weighted by atomic mass is 79.9. The fourth-order valence-electron chi connectivity index (χ4n) is 2.18. The number of aromatic nitrogens is 2. The Morgan fingerprint density at radius 2 is 1.96 bits per heavy atom. The van der Waals surface area contributed by atoms with Crippen LogP contribution in [0.1, 0.15) is 17.3 Å². The van der Waals surface area contributed by atoms with Crippen LogP contribution in [0, 0.1) is 5.82 Å². The molecule has 0 N–H and O–H groups in total. The van der Waals surface area contributed by atoms with Crippen LogP contribution < -0.4 is 4.74 Å². The predicted molar refractivity (Wildman–Crippen MR) is 89.7 cm³/mol. The summed E-state index contributed by atoms with van der Waals surface area (Å²) in [5.41, 5.74) is 0.629. The highest BCUT2D eigenvalue weighted by Gasteiger charge is 2.22. The van der Waals surface area contributed by atoms with Crippen molar-refractivity contribution in [2.24, 2.45) is 0 Å². The number of carbonyl (C=O) groups excluding carboxylic acids is 1. The molecule has 0 unspecified atom stereocenters. The maximum atomic E-state index is 14.1. The van der Waals surface area contributed by atoms with Gasteiger partial charge in [0, 0.05) is 5.39 Å². The molecule has 0 bridgehead atoms. The lowest BCUT2D eigenvalue weighted by molar-refractivity contribution is 0.0525. The lowest BCUT2D eigenvalue weighted by Crippen LogP contribution is -2.10. The monoisotopic (exact) mass is 390 g/mol. The quantitative estimate of drug-likeness (QED) is 0.613. The van der Waals surface area contributed by atoms with E-state index in [9.17, 15) is 9.18 Å². The second-order valence-electron chi connectivity index (χ2n) is 4.77. The average molecular weight is 391 g/mol. The van der Waals surface area contributed by atoms with Gasteiger partial charge in [0.2, 0.25) is 0 Å². The van der Waals surface area contributed by atoms with Crippen molar-refractivity contribution in [2.45, 2.75) is 6.92 Å². The van der Waals surface area contributed by atoms with Gasteiger partial charge in [0.15, 0.2) is 11.6 Å². The van der Waals surface area contributed by atoms with Gasteiger partial charge in [-0.25, -0.2) is 9.18 Å². The second kappa shape index (κ2) is 6.92. The average Bonchev–Trinajstić information content (AvgIpc) is 2.59. The molecule has 0 amide bonds. The molecule has 0 fully saturated rings. The smallest absolute Gasteiger partial charge is 0.344 e. The van der Waals surface area contributed by atoms with Gasteiger partial charge in [0.25, 0.3) is 5.88 Å². The zero-order chi connectivity index (χ0) is 17.1. The van der Waals surface area contributed by atoms with E-state index in [-0.39, 0.29) is 28.3 Å². The van der Waals surface area contributed by atoms with Gasteiger partial charge in [-0.1, -0.05) is 24.3 Å². The molecule has 0 aliphatic heterocycles. The van der Waals surface area contributed by atoms with Gasteiger partial charge in [-0.05, 0) is 41.1 Å². The summed E-state index contributed by atoms with van der Waals surface area (Å²) < 4.78 is 25.0. The molecule has 3 rings (SSSR count). The van der Waals surface area contributed by atoms with Gasteiger partial charge < -0.3 is 9.47 Å². The van der Waals surface area contributed by atoms with Crippen LogP contribution in [0.15, 0.2) is 46.9 Å². The molecule has 24 heavy (non-hydrogen) atoms. The summed E-state index contributed by atoms with van der Waals surface area (Å²) in [7, 11) is 0. The fourth-order valence-corrected chi connectivity index (χ4v) is 2.52. The van der Waals surface area contributed by atoms with Crippen molar-refractivity contribution in [3.8, 4) is 11.6 Å². The Hall–Kier alpha value is -2.54. The molecule has 3 aromatic rings. The Bertz CT molecular complexity index is 917. The summed E-state index contributed by atoms with van der Waals surface area (Å²) in [6.07, 6.45) is 0. The third-order valence-corrected chi connectivity index (χ3v) is 3.85. The molecule has 0 radical (unpaired) electrons. The van der Waals surface area contributed by atoms with Crippen LogP contribution in [0.3, 0.4) is 0 Å². The molecule has 7 heteroatoms. The first-order valence-electron chi connectivity index (χ1n) is 7.16. The van der Waals surface area contributed by atoms with E-state index >= 15 is 0 Å². The van der Waals surface area contributed by atoms with Gasteiger partial charge in [0.05, 0.1) is 16.6 Å². The minimum atomic E-state index is -0.603. The fraction of sp³-hybridized carbons (Fsp3) is 0.118. The maximum Gasteiger partial charge on any atom is 0.344 e. The topological polar surface area (TPSA) is 61.3 Å². The zero-order valence-corrected chi connectivity index (χ0v) is 14.2. The summed E-state index contributed by atoms with van der Waals surface area (Å²) in [5.74, 6) is -1.38. The van der Waals surface area contributed by atoms with Crippen molar-refractivity contribution < 1.29 is 18.7 Å². The summed E-state index contributed by atoms with van der Waals surface area (Å²) in [6.45, 7) is 1.89. The highest BCUT2D eigenvalue weighted by molar-refractivity contribution is 9.10. The summed E-state index contributed by atoms with van der Waals surface area (Å²) in [6, 6.07) is 11.6. The summed E-state index contributed by atoms with van der Waals surface area (Å²) >= 11 is 3.09. The van der Waals surface area contributed by atoms with Gasteiger partial charge in [-0.2, -0.15) is 0 Å². The Morgan fingerprint density at radius 3 is 2.75 bits per heavy atom. The number of halogens is 2. The van der Waals surface area contributed by atoms with E-state index in [0.717, 1.165) is 0 Å². The molecular weight excluding hydrogens is 379 g/mol. The van der Waals surface area contributed by atoms with Gasteiger partial charge in [-0.15, -0.1) is 10.2 Å². The molecular formula is C17H12BrFN2O3. The Balaban J connectivity index is 2.15. The van der Waals surface area contributed by atoms with Crippen LogP contribution in [-0.4, -0.2) is 22.8 Å². The number of rotatable bonds is 4. The molecule has 1 heterocycles. The van der Waals surface area contributed by atoms with Crippen LogP contribution in [0.5, 0.6) is 11.6 Å². The van der Waals surface area contributed by atoms with E-state index in [1.54, 1.807) is 43.3 Å². The van der Waals surface area contributed by atoms with Crippen molar-refractivity contribution in [3.05, 3.63) is 58.3 Å². The number of hydrogen-bond acceptors (Lipinski definition) is 5. The molecule has 0 aliphatic carbocycles. The molecule has 2 aromatic carbocycles. The largest absolute Gasteiger partial charge is 0.462 e. The number of benzene rings is 2. The Kier molecular flexibility index (Phi) is 4.71. The minimum Gasteiger partial charge on any atom is -0.462 e. The SMILES string of the molecule is CCOC(=O)c1c(Oc2cccc(Br)c2F)nnc2ccccc12. The van der Waals surface area contributed by atoms with E-state index < -0.39 is 11.8 Å². The minimum absolute atomic E-state index is 0.0699. The van der Waals surface area contributed by atoms with E-state index in [0.29, 0.717) is 10.9 Å². The normalized spacial score (nSPS) is 10.6. The number of fused-ring (bicyclic) bond motifs is 1. The molecule has 0 spiro atoms. The number of esters is 1. The van der Waals surface area contributed by atoms with Crippen LogP contribution in [0.4, 0.5) is 4.39 Å². The van der Waals surface area contributed by atoms with Gasteiger partial charge >= 0.3 is 5.97 Å². The number of carbonyl (C=O) groups is 1. The Morgan fingerprint density at radius 1 is 1.17 bits per heavy atom. The van der Waals surface area contributed by atoms with Crippen molar-refractivity contribution in [3.63, 3.8) is 0 Å². The first kappa shape index (κ1) is 16.3. The third-order valence-electron chi connectivity index (χ3n) is 3.24. The number of hydrogen-bond donors (Lipinski definition) is 0. The van der Waals surface area contributed by atoms with E-state index in [2.05, 4.69) is 26.1 Å².